The number of nitrogens with zero attached hydrogens (tertiary/aromatic N) is 1. The monoisotopic (exact) mass is 151 g/mol. The second-order valence-corrected chi connectivity index (χ2v) is 4.30. The fourth-order valence-corrected chi connectivity index (χ4v) is 1.82. The first-order chi connectivity index (χ1) is 5.05. The lowest BCUT2D eigenvalue weighted by Crippen LogP contribution is -2.43. The van der Waals surface area contributed by atoms with Gasteiger partial charge in [0.05, 0.1) is 6.04 Å². The zero-order valence-corrected chi connectivity index (χ0v) is 7.72. The van der Waals surface area contributed by atoms with Crippen LogP contribution in [0.2, 0.25) is 0 Å². The summed E-state index contributed by atoms with van der Waals surface area (Å²) in [5.74, 6) is 2.82. The van der Waals surface area contributed by atoms with Crippen LogP contribution in [0.1, 0.15) is 26.7 Å². The van der Waals surface area contributed by atoms with Gasteiger partial charge in [-0.15, -0.1) is 6.42 Å². The van der Waals surface area contributed by atoms with E-state index in [1.54, 1.807) is 0 Å². The van der Waals surface area contributed by atoms with Gasteiger partial charge in [0.25, 0.3) is 0 Å². The van der Waals surface area contributed by atoms with E-state index in [1.165, 1.54) is 6.42 Å². The van der Waals surface area contributed by atoms with Crippen LogP contribution in [0.3, 0.4) is 0 Å². The molecule has 0 saturated carbocycles. The van der Waals surface area contributed by atoms with Crippen LogP contribution in [0, 0.1) is 17.8 Å². The number of rotatable bonds is 0. The van der Waals surface area contributed by atoms with Crippen LogP contribution in [-0.4, -0.2) is 24.5 Å². The minimum absolute atomic E-state index is 0.378. The first kappa shape index (κ1) is 8.62. The zero-order valence-electron chi connectivity index (χ0n) is 7.72. The molecule has 0 spiro atoms. The largest absolute Gasteiger partial charge is 0.292 e. The smallest absolute Gasteiger partial charge is 0.0709 e. The Morgan fingerprint density at radius 1 is 1.55 bits per heavy atom. The van der Waals surface area contributed by atoms with Crippen LogP contribution >= 0.6 is 0 Å². The number of piperidine rings is 1. The predicted molar refractivity (Wildman–Crippen MR) is 48.3 cm³/mol. The summed E-state index contributed by atoms with van der Waals surface area (Å²) in [4.78, 5) is 2.28. The SMILES string of the molecule is C#CC1CCC(C)(C)CN1C. The van der Waals surface area contributed by atoms with E-state index < -0.39 is 0 Å². The molecular formula is C10H17N. The average molecular weight is 151 g/mol. The molecule has 1 nitrogen and oxygen atoms in total. The Labute approximate surface area is 69.8 Å². The highest BCUT2D eigenvalue weighted by Crippen LogP contribution is 2.30. The van der Waals surface area contributed by atoms with Crippen LogP contribution in [0.5, 0.6) is 0 Å². The van der Waals surface area contributed by atoms with Crippen LogP contribution < -0.4 is 0 Å². The molecule has 0 aromatic heterocycles. The van der Waals surface area contributed by atoms with Crippen LogP contribution in [0.15, 0.2) is 0 Å². The minimum Gasteiger partial charge on any atom is -0.292 e. The van der Waals surface area contributed by atoms with Crippen LogP contribution in [-0.2, 0) is 0 Å². The molecule has 0 amide bonds. The van der Waals surface area contributed by atoms with E-state index in [0.29, 0.717) is 11.5 Å². The van der Waals surface area contributed by atoms with Gasteiger partial charge in [0.15, 0.2) is 0 Å². The maximum Gasteiger partial charge on any atom is 0.0709 e. The van der Waals surface area contributed by atoms with Crippen molar-refractivity contribution in [2.24, 2.45) is 5.41 Å². The standard InChI is InChI=1S/C10H17N/c1-5-9-6-7-10(2,3)8-11(9)4/h1,9H,6-8H2,2-4H3. The Kier molecular flexibility index (Phi) is 2.25. The van der Waals surface area contributed by atoms with Crippen molar-refractivity contribution in [3.05, 3.63) is 0 Å². The molecular weight excluding hydrogens is 134 g/mol. The van der Waals surface area contributed by atoms with E-state index in [1.807, 2.05) is 0 Å². The van der Waals surface area contributed by atoms with Crippen molar-refractivity contribution >= 4 is 0 Å². The third-order valence-corrected chi connectivity index (χ3v) is 2.50. The topological polar surface area (TPSA) is 3.24 Å². The minimum atomic E-state index is 0.378. The molecule has 1 rings (SSSR count). The van der Waals surface area contributed by atoms with Crippen molar-refractivity contribution in [2.45, 2.75) is 32.7 Å². The molecule has 1 aliphatic rings. The third kappa shape index (κ3) is 1.97. The van der Waals surface area contributed by atoms with E-state index in [9.17, 15) is 0 Å². The summed E-state index contributed by atoms with van der Waals surface area (Å²) in [6.07, 6.45) is 7.80. The van der Waals surface area contributed by atoms with Crippen LogP contribution in [0.4, 0.5) is 0 Å². The summed E-state index contributed by atoms with van der Waals surface area (Å²) in [6, 6.07) is 0.378. The van der Waals surface area contributed by atoms with Gasteiger partial charge in [0.2, 0.25) is 0 Å². The first-order valence-corrected chi connectivity index (χ1v) is 4.21. The van der Waals surface area contributed by atoms with Crippen molar-refractivity contribution in [3.8, 4) is 12.3 Å². The highest BCUT2D eigenvalue weighted by Gasteiger charge is 2.29. The Bertz CT molecular complexity index is 176. The van der Waals surface area contributed by atoms with Gasteiger partial charge < -0.3 is 0 Å². The molecule has 1 aliphatic heterocycles. The van der Waals surface area contributed by atoms with Crippen LogP contribution in [0.25, 0.3) is 0 Å². The Morgan fingerprint density at radius 2 is 2.18 bits per heavy atom. The van der Waals surface area contributed by atoms with Gasteiger partial charge in [-0.1, -0.05) is 19.8 Å². The quantitative estimate of drug-likeness (QED) is 0.477. The van der Waals surface area contributed by atoms with Gasteiger partial charge in [0.1, 0.15) is 0 Å². The van der Waals surface area contributed by atoms with Gasteiger partial charge in [-0.3, -0.25) is 4.90 Å². The van der Waals surface area contributed by atoms with Gasteiger partial charge in [-0.25, -0.2) is 0 Å². The van der Waals surface area contributed by atoms with Gasteiger partial charge >= 0.3 is 0 Å². The van der Waals surface area contributed by atoms with E-state index in [4.69, 9.17) is 6.42 Å². The van der Waals surface area contributed by atoms with Gasteiger partial charge in [-0.2, -0.15) is 0 Å². The van der Waals surface area contributed by atoms with Crippen molar-refractivity contribution in [2.75, 3.05) is 13.6 Å². The highest BCUT2D eigenvalue weighted by molar-refractivity contribution is 5.02. The summed E-state index contributed by atoms with van der Waals surface area (Å²) >= 11 is 0. The summed E-state index contributed by atoms with van der Waals surface area (Å²) in [5.41, 5.74) is 0.460. The van der Waals surface area contributed by atoms with E-state index in [0.717, 1.165) is 13.0 Å². The van der Waals surface area contributed by atoms with E-state index >= 15 is 0 Å². The maximum atomic E-state index is 5.39. The zero-order chi connectivity index (χ0) is 8.48. The molecule has 0 aromatic rings. The second kappa shape index (κ2) is 2.87. The summed E-state index contributed by atoms with van der Waals surface area (Å²) in [5, 5.41) is 0. The normalized spacial score (nSPS) is 31.3. The number of likely N-dealkylation sites (tertiary alicyclic amines) is 1. The fourth-order valence-electron chi connectivity index (χ4n) is 1.82. The number of hydrogen-bond acceptors (Lipinski definition) is 1. The molecule has 1 atom stereocenters. The van der Waals surface area contributed by atoms with Crippen molar-refractivity contribution in [1.82, 2.24) is 4.90 Å². The lowest BCUT2D eigenvalue weighted by Gasteiger charge is -2.39. The molecule has 1 unspecified atom stereocenters. The van der Waals surface area contributed by atoms with E-state index in [2.05, 4.69) is 31.7 Å². The number of terminal acetylenes is 1. The molecule has 11 heavy (non-hydrogen) atoms. The summed E-state index contributed by atoms with van der Waals surface area (Å²) < 4.78 is 0. The average Bonchev–Trinajstić information content (AvgIpc) is 1.86. The number of hydrogen-bond donors (Lipinski definition) is 0. The Morgan fingerprint density at radius 3 is 2.64 bits per heavy atom. The molecule has 0 aromatic carbocycles. The molecule has 0 aliphatic carbocycles. The highest BCUT2D eigenvalue weighted by atomic mass is 15.1. The van der Waals surface area contributed by atoms with Crippen molar-refractivity contribution in [3.63, 3.8) is 0 Å². The molecule has 0 N–H and O–H groups in total. The molecule has 1 heteroatoms. The second-order valence-electron chi connectivity index (χ2n) is 4.30. The molecule has 1 heterocycles. The molecule has 1 fully saturated rings. The molecule has 0 bridgehead atoms. The third-order valence-electron chi connectivity index (χ3n) is 2.50. The first-order valence-electron chi connectivity index (χ1n) is 4.21. The van der Waals surface area contributed by atoms with Crippen molar-refractivity contribution < 1.29 is 0 Å². The predicted octanol–water partition coefficient (Wildman–Crippen LogP) is 1.74. The lowest BCUT2D eigenvalue weighted by molar-refractivity contribution is 0.114. The Balaban J connectivity index is 2.56. The van der Waals surface area contributed by atoms with Gasteiger partial charge in [0, 0.05) is 6.54 Å². The lowest BCUT2D eigenvalue weighted by atomic mass is 9.82. The van der Waals surface area contributed by atoms with E-state index in [-0.39, 0.29) is 0 Å². The fraction of sp³-hybridized carbons (Fsp3) is 0.800. The maximum absolute atomic E-state index is 5.39. The summed E-state index contributed by atoms with van der Waals surface area (Å²) in [7, 11) is 2.12. The molecule has 62 valence electrons. The summed E-state index contributed by atoms with van der Waals surface area (Å²) in [6.45, 7) is 5.73. The molecule has 0 radical (unpaired) electrons. The molecule has 1 saturated heterocycles. The Hall–Kier alpha value is -0.480. The van der Waals surface area contributed by atoms with Crippen molar-refractivity contribution in [1.29, 1.82) is 0 Å². The van der Waals surface area contributed by atoms with Gasteiger partial charge in [-0.05, 0) is 25.3 Å².